The molecular formula is C32H68FeO4P2. The molecule has 0 fully saturated rings. The van der Waals surface area contributed by atoms with Crippen molar-refractivity contribution in [3.63, 3.8) is 0 Å². The van der Waals surface area contributed by atoms with Crippen molar-refractivity contribution in [1.82, 2.24) is 0 Å². The molecular weight excluding hydrogens is 566 g/mol. The van der Waals surface area contributed by atoms with E-state index in [0.717, 1.165) is 103 Å². The van der Waals surface area contributed by atoms with E-state index in [4.69, 9.17) is 0 Å². The first-order chi connectivity index (χ1) is 18.0. The Balaban J connectivity index is -0.000000648. The van der Waals surface area contributed by atoms with Crippen LogP contribution in [0.25, 0.3) is 0 Å². The smallest absolute Gasteiger partial charge is 0.799 e. The zero-order valence-corrected chi connectivity index (χ0v) is 30.2. The largest absolute Gasteiger partial charge is 2.00 e. The maximum Gasteiger partial charge on any atom is 2.00 e. The van der Waals surface area contributed by atoms with Crippen molar-refractivity contribution < 1.29 is 36.0 Å². The van der Waals surface area contributed by atoms with Crippen LogP contribution in [0.2, 0.25) is 0 Å². The fourth-order valence-corrected chi connectivity index (χ4v) is 10.6. The van der Waals surface area contributed by atoms with E-state index in [9.17, 15) is 18.9 Å². The van der Waals surface area contributed by atoms with Crippen molar-refractivity contribution >= 4 is 14.7 Å². The number of unbranched alkanes of at least 4 members (excludes halogenated alkanes) is 4. The first-order valence-electron chi connectivity index (χ1n) is 16.6. The Bertz CT molecular complexity index is 521. The van der Waals surface area contributed by atoms with Crippen molar-refractivity contribution in [3.8, 4) is 0 Å². The summed E-state index contributed by atoms with van der Waals surface area (Å²) in [6.45, 7) is 17.2. The average molecular weight is 635 g/mol. The van der Waals surface area contributed by atoms with Crippen LogP contribution in [-0.2, 0) is 26.2 Å². The van der Waals surface area contributed by atoms with E-state index in [-0.39, 0.29) is 17.1 Å². The molecule has 0 saturated carbocycles. The van der Waals surface area contributed by atoms with Gasteiger partial charge in [0.1, 0.15) is 0 Å². The summed E-state index contributed by atoms with van der Waals surface area (Å²) in [6, 6.07) is 0. The summed E-state index contributed by atoms with van der Waals surface area (Å²) >= 11 is 0. The minimum Gasteiger partial charge on any atom is -0.799 e. The molecule has 0 aliphatic rings. The maximum absolute atomic E-state index is 12.3. The van der Waals surface area contributed by atoms with Crippen molar-refractivity contribution in [3.05, 3.63) is 0 Å². The molecule has 4 atom stereocenters. The summed E-state index contributed by atoms with van der Waals surface area (Å²) < 4.78 is 24.6. The van der Waals surface area contributed by atoms with Gasteiger partial charge in [-0.1, -0.05) is 158 Å². The third-order valence-corrected chi connectivity index (χ3v) is 12.6. The molecule has 0 amide bonds. The van der Waals surface area contributed by atoms with Crippen molar-refractivity contribution in [2.24, 2.45) is 23.7 Å². The molecule has 0 aromatic heterocycles. The quantitative estimate of drug-likeness (QED) is 0.0782. The third kappa shape index (κ3) is 26.3. The van der Waals surface area contributed by atoms with Crippen molar-refractivity contribution in [2.45, 2.75) is 158 Å². The van der Waals surface area contributed by atoms with E-state index in [1.165, 1.54) is 0 Å². The Hall–Kier alpha value is 0.899. The first-order valence-corrected chi connectivity index (χ1v) is 20.5. The fourth-order valence-electron chi connectivity index (χ4n) is 5.39. The second kappa shape index (κ2) is 27.7. The molecule has 0 aliphatic heterocycles. The van der Waals surface area contributed by atoms with Crippen LogP contribution >= 0.6 is 14.7 Å². The molecule has 0 radical (unpaired) electrons. The molecule has 0 saturated heterocycles. The summed E-state index contributed by atoms with van der Waals surface area (Å²) in [5, 5.41) is 0. The Morgan fingerprint density at radius 2 is 0.615 bits per heavy atom. The molecule has 0 heterocycles. The summed E-state index contributed by atoms with van der Waals surface area (Å²) in [6.07, 6.45) is 19.3. The van der Waals surface area contributed by atoms with Gasteiger partial charge in [-0.05, 0) is 48.3 Å². The van der Waals surface area contributed by atoms with Gasteiger partial charge in [-0.3, -0.25) is 0 Å². The first kappa shape index (κ1) is 44.3. The predicted octanol–water partition coefficient (Wildman–Crippen LogP) is 10.1. The molecule has 0 aliphatic carbocycles. The number of hydrogen-bond acceptors (Lipinski definition) is 4. The monoisotopic (exact) mass is 634 g/mol. The van der Waals surface area contributed by atoms with E-state index in [1.54, 1.807) is 0 Å². The Morgan fingerprint density at radius 1 is 0.436 bits per heavy atom. The summed E-state index contributed by atoms with van der Waals surface area (Å²) in [4.78, 5) is 24.6. The van der Waals surface area contributed by atoms with Crippen LogP contribution in [0.3, 0.4) is 0 Å². The van der Waals surface area contributed by atoms with Crippen LogP contribution in [0.15, 0.2) is 0 Å². The SMILES string of the molecule is CCCCC(CC)CP(=O)([O-])CC(CC)CCCC.CCCCC(CC)CP(=O)([O-])CC(CC)CCCC.[Fe+2]. The van der Waals surface area contributed by atoms with E-state index >= 15 is 0 Å². The van der Waals surface area contributed by atoms with Gasteiger partial charge in [-0.25, -0.2) is 0 Å². The minimum absolute atomic E-state index is 0. The van der Waals surface area contributed by atoms with Crippen LogP contribution in [0.5, 0.6) is 0 Å². The third-order valence-electron chi connectivity index (χ3n) is 8.32. The van der Waals surface area contributed by atoms with Gasteiger partial charge < -0.3 is 18.9 Å². The van der Waals surface area contributed by atoms with Crippen LogP contribution in [0.1, 0.15) is 158 Å². The molecule has 238 valence electrons. The predicted molar refractivity (Wildman–Crippen MR) is 168 cm³/mol. The van der Waals surface area contributed by atoms with Gasteiger partial charge in [0.05, 0.1) is 0 Å². The van der Waals surface area contributed by atoms with E-state index in [1.807, 2.05) is 0 Å². The van der Waals surface area contributed by atoms with Crippen LogP contribution in [-0.4, -0.2) is 24.6 Å². The molecule has 0 N–H and O–H groups in total. The van der Waals surface area contributed by atoms with E-state index in [2.05, 4.69) is 55.4 Å². The zero-order valence-electron chi connectivity index (χ0n) is 27.3. The van der Waals surface area contributed by atoms with Crippen molar-refractivity contribution in [2.75, 3.05) is 24.6 Å². The zero-order chi connectivity index (χ0) is 29.5. The second-order valence-corrected chi connectivity index (χ2v) is 16.7. The fraction of sp³-hybridized carbons (Fsp3) is 1.00. The Labute approximate surface area is 256 Å². The molecule has 4 nitrogen and oxygen atoms in total. The molecule has 0 spiro atoms. The number of rotatable bonds is 24. The van der Waals surface area contributed by atoms with Crippen LogP contribution < -0.4 is 9.79 Å². The topological polar surface area (TPSA) is 80.3 Å². The van der Waals surface area contributed by atoms with Gasteiger partial charge in [-0.2, -0.15) is 0 Å². The molecule has 4 unspecified atom stereocenters. The molecule has 0 rings (SSSR count). The van der Waals surface area contributed by atoms with Gasteiger partial charge in [0.25, 0.3) is 0 Å². The van der Waals surface area contributed by atoms with Gasteiger partial charge in [0.15, 0.2) is 0 Å². The number of hydrogen-bond donors (Lipinski definition) is 0. The Kier molecular flexibility index (Phi) is 31.5. The maximum atomic E-state index is 12.3. The Morgan fingerprint density at radius 3 is 0.744 bits per heavy atom. The van der Waals surface area contributed by atoms with Gasteiger partial charge in [0.2, 0.25) is 0 Å². The van der Waals surface area contributed by atoms with Gasteiger partial charge in [-0.15, -0.1) is 0 Å². The van der Waals surface area contributed by atoms with Crippen LogP contribution in [0.4, 0.5) is 0 Å². The second-order valence-electron chi connectivity index (χ2n) is 12.0. The average Bonchev–Trinajstić information content (AvgIpc) is 2.89. The molecule has 0 aromatic carbocycles. The van der Waals surface area contributed by atoms with E-state index in [0.29, 0.717) is 48.3 Å². The van der Waals surface area contributed by atoms with E-state index < -0.39 is 14.7 Å². The van der Waals surface area contributed by atoms with Gasteiger partial charge >= 0.3 is 17.1 Å². The van der Waals surface area contributed by atoms with Crippen molar-refractivity contribution in [1.29, 1.82) is 0 Å². The molecule has 0 bridgehead atoms. The molecule has 39 heavy (non-hydrogen) atoms. The minimum atomic E-state index is -3.17. The molecule has 0 aromatic rings. The van der Waals surface area contributed by atoms with Gasteiger partial charge in [0, 0.05) is 14.7 Å². The summed E-state index contributed by atoms with van der Waals surface area (Å²) in [5.41, 5.74) is 0. The normalized spacial score (nSPS) is 17.5. The molecule has 7 heteroatoms. The standard InChI is InChI=1S/2C16H35O2P.Fe/c2*1-5-9-11-15(7-3)13-19(17,18)14-16(8-4)12-10-6-2;/h2*15-16H,5-14H2,1-4H3,(H,17,18);/q;;+2/p-2. The summed E-state index contributed by atoms with van der Waals surface area (Å²) in [7, 11) is -6.34. The summed E-state index contributed by atoms with van der Waals surface area (Å²) in [5.74, 6) is 1.53. The van der Waals surface area contributed by atoms with Crippen LogP contribution in [0, 0.1) is 23.7 Å².